The molecule has 0 saturated carbocycles. The molecule has 2 aromatic rings. The van der Waals surface area contributed by atoms with Crippen LogP contribution in [0.4, 0.5) is 4.39 Å². The van der Waals surface area contributed by atoms with Gasteiger partial charge < -0.3 is 4.42 Å². The van der Waals surface area contributed by atoms with E-state index in [1.807, 2.05) is 0 Å². The second-order valence-electron chi connectivity index (χ2n) is 4.38. The summed E-state index contributed by atoms with van der Waals surface area (Å²) in [5.41, 5.74) is 0. The summed E-state index contributed by atoms with van der Waals surface area (Å²) in [5.74, 6) is -0.131. The molecule has 0 spiro atoms. The van der Waals surface area contributed by atoms with E-state index in [4.69, 9.17) is 4.42 Å². The first-order valence-corrected chi connectivity index (χ1v) is 8.16. The van der Waals surface area contributed by atoms with E-state index in [0.29, 0.717) is 16.7 Å². The summed E-state index contributed by atoms with van der Waals surface area (Å²) in [6.45, 7) is 1.69. The highest BCUT2D eigenvalue weighted by atomic mass is 79.9. The number of rotatable bonds is 5. The number of sulfonamides is 1. The monoisotopic (exact) mass is 361 g/mol. The lowest BCUT2D eigenvalue weighted by Crippen LogP contribution is -2.34. The van der Waals surface area contributed by atoms with Crippen molar-refractivity contribution in [3.05, 3.63) is 52.6 Å². The Morgan fingerprint density at radius 1 is 1.40 bits per heavy atom. The van der Waals surface area contributed by atoms with Crippen LogP contribution in [0.3, 0.4) is 0 Å². The first-order chi connectivity index (χ1) is 9.38. The number of hydrogen-bond acceptors (Lipinski definition) is 3. The third kappa shape index (κ3) is 3.68. The molecule has 0 amide bonds. The molecule has 1 unspecified atom stereocenters. The van der Waals surface area contributed by atoms with Gasteiger partial charge in [0.2, 0.25) is 10.0 Å². The summed E-state index contributed by atoms with van der Waals surface area (Å²) < 4.78 is 46.0. The van der Waals surface area contributed by atoms with Crippen LogP contribution < -0.4 is 4.72 Å². The Labute approximate surface area is 125 Å². The summed E-state index contributed by atoms with van der Waals surface area (Å²) in [6, 6.07) is 6.90. The second-order valence-corrected chi connectivity index (χ2v) is 6.98. The number of furan rings is 1. The van der Waals surface area contributed by atoms with Gasteiger partial charge in [0, 0.05) is 16.9 Å². The fraction of sp³-hybridized carbons (Fsp3) is 0.231. The van der Waals surface area contributed by atoms with E-state index in [1.165, 1.54) is 18.4 Å². The molecule has 0 fully saturated rings. The molecule has 1 atom stereocenters. The van der Waals surface area contributed by atoms with Crippen LogP contribution in [0, 0.1) is 5.82 Å². The van der Waals surface area contributed by atoms with Gasteiger partial charge in [-0.25, -0.2) is 17.5 Å². The molecule has 1 aromatic carbocycles. The Morgan fingerprint density at radius 3 is 2.75 bits per heavy atom. The highest BCUT2D eigenvalue weighted by Crippen LogP contribution is 2.19. The SMILES string of the molecule is CC(Cc1ccco1)NS(=O)(=O)c1ccc(Br)cc1F. The van der Waals surface area contributed by atoms with Gasteiger partial charge >= 0.3 is 0 Å². The Morgan fingerprint density at radius 2 is 2.15 bits per heavy atom. The first kappa shape index (κ1) is 15.2. The van der Waals surface area contributed by atoms with Crippen LogP contribution in [0.5, 0.6) is 0 Å². The lowest BCUT2D eigenvalue weighted by molar-refractivity contribution is 0.478. The summed E-state index contributed by atoms with van der Waals surface area (Å²) in [6.07, 6.45) is 1.91. The van der Waals surface area contributed by atoms with Crippen molar-refractivity contribution in [2.45, 2.75) is 24.3 Å². The summed E-state index contributed by atoms with van der Waals surface area (Å²) in [5, 5.41) is 0. The van der Waals surface area contributed by atoms with Crippen LogP contribution in [-0.4, -0.2) is 14.5 Å². The average molecular weight is 362 g/mol. The van der Waals surface area contributed by atoms with Gasteiger partial charge in [0.15, 0.2) is 0 Å². The highest BCUT2D eigenvalue weighted by Gasteiger charge is 2.21. The third-order valence-electron chi connectivity index (χ3n) is 2.63. The molecule has 20 heavy (non-hydrogen) atoms. The fourth-order valence-electron chi connectivity index (χ4n) is 1.79. The number of hydrogen-bond donors (Lipinski definition) is 1. The van der Waals surface area contributed by atoms with E-state index < -0.39 is 21.9 Å². The van der Waals surface area contributed by atoms with Crippen LogP contribution in [0.15, 0.2) is 50.4 Å². The molecular weight excluding hydrogens is 349 g/mol. The van der Waals surface area contributed by atoms with Crippen LogP contribution in [0.25, 0.3) is 0 Å². The summed E-state index contributed by atoms with van der Waals surface area (Å²) >= 11 is 3.09. The third-order valence-corrected chi connectivity index (χ3v) is 4.74. The minimum atomic E-state index is -3.90. The number of benzene rings is 1. The normalized spacial score (nSPS) is 13.3. The van der Waals surface area contributed by atoms with E-state index in [9.17, 15) is 12.8 Å². The average Bonchev–Trinajstić information content (AvgIpc) is 2.79. The summed E-state index contributed by atoms with van der Waals surface area (Å²) in [7, 11) is -3.90. The van der Waals surface area contributed by atoms with E-state index in [-0.39, 0.29) is 4.90 Å². The zero-order chi connectivity index (χ0) is 14.8. The van der Waals surface area contributed by atoms with Gasteiger partial charge in [-0.05, 0) is 37.3 Å². The smallest absolute Gasteiger partial charge is 0.243 e. The Bertz CT molecular complexity index is 686. The molecule has 1 aromatic heterocycles. The van der Waals surface area contributed by atoms with Crippen LogP contribution >= 0.6 is 15.9 Å². The summed E-state index contributed by atoms with van der Waals surface area (Å²) in [4.78, 5) is -0.369. The van der Waals surface area contributed by atoms with Gasteiger partial charge in [-0.1, -0.05) is 15.9 Å². The maximum absolute atomic E-state index is 13.7. The van der Waals surface area contributed by atoms with Crippen molar-refractivity contribution in [1.29, 1.82) is 0 Å². The van der Waals surface area contributed by atoms with E-state index in [1.54, 1.807) is 19.1 Å². The molecule has 4 nitrogen and oxygen atoms in total. The van der Waals surface area contributed by atoms with Crippen molar-refractivity contribution in [2.24, 2.45) is 0 Å². The maximum atomic E-state index is 13.7. The van der Waals surface area contributed by atoms with Crippen molar-refractivity contribution < 1.29 is 17.2 Å². The van der Waals surface area contributed by atoms with Crippen LogP contribution in [0.2, 0.25) is 0 Å². The molecule has 0 aliphatic rings. The molecule has 108 valence electrons. The number of nitrogens with one attached hydrogen (secondary N) is 1. The largest absolute Gasteiger partial charge is 0.469 e. The molecule has 1 heterocycles. The second kappa shape index (κ2) is 6.07. The predicted molar refractivity (Wildman–Crippen MR) is 76.3 cm³/mol. The van der Waals surface area contributed by atoms with Crippen molar-refractivity contribution >= 4 is 26.0 Å². The topological polar surface area (TPSA) is 59.3 Å². The molecule has 0 aliphatic carbocycles. The Hall–Kier alpha value is -1.18. The van der Waals surface area contributed by atoms with Gasteiger partial charge in [0.1, 0.15) is 16.5 Å². The van der Waals surface area contributed by atoms with Crippen LogP contribution in [0.1, 0.15) is 12.7 Å². The fourth-order valence-corrected chi connectivity index (χ4v) is 3.43. The van der Waals surface area contributed by atoms with Crippen molar-refractivity contribution in [1.82, 2.24) is 4.72 Å². The first-order valence-electron chi connectivity index (χ1n) is 5.88. The zero-order valence-corrected chi connectivity index (χ0v) is 13.0. The Balaban J connectivity index is 2.14. The van der Waals surface area contributed by atoms with Gasteiger partial charge in [0.05, 0.1) is 6.26 Å². The van der Waals surface area contributed by atoms with Crippen LogP contribution in [-0.2, 0) is 16.4 Å². The van der Waals surface area contributed by atoms with Crippen molar-refractivity contribution in [2.75, 3.05) is 0 Å². The predicted octanol–water partition coefficient (Wildman–Crippen LogP) is 3.09. The van der Waals surface area contributed by atoms with Crippen molar-refractivity contribution in [3.8, 4) is 0 Å². The highest BCUT2D eigenvalue weighted by molar-refractivity contribution is 9.10. The minimum Gasteiger partial charge on any atom is -0.469 e. The van der Waals surface area contributed by atoms with Gasteiger partial charge in [-0.15, -0.1) is 0 Å². The van der Waals surface area contributed by atoms with Gasteiger partial charge in [0.25, 0.3) is 0 Å². The lowest BCUT2D eigenvalue weighted by Gasteiger charge is -2.13. The number of halogens is 2. The minimum absolute atomic E-state index is 0.369. The zero-order valence-electron chi connectivity index (χ0n) is 10.6. The molecule has 2 rings (SSSR count). The molecule has 0 radical (unpaired) electrons. The molecule has 0 saturated heterocycles. The Kier molecular flexibility index (Phi) is 4.62. The van der Waals surface area contributed by atoms with E-state index in [0.717, 1.165) is 6.07 Å². The molecule has 0 aliphatic heterocycles. The quantitative estimate of drug-likeness (QED) is 0.889. The molecular formula is C13H13BrFNO3S. The van der Waals surface area contributed by atoms with E-state index in [2.05, 4.69) is 20.7 Å². The van der Waals surface area contributed by atoms with E-state index >= 15 is 0 Å². The maximum Gasteiger partial charge on any atom is 0.243 e. The van der Waals surface area contributed by atoms with Crippen molar-refractivity contribution in [3.63, 3.8) is 0 Å². The molecule has 1 N–H and O–H groups in total. The molecule has 0 bridgehead atoms. The molecule has 7 heteroatoms. The standard InChI is InChI=1S/C13H13BrFNO3S/c1-9(7-11-3-2-6-19-11)16-20(17,18)13-5-4-10(14)8-12(13)15/h2-6,8-9,16H,7H2,1H3. The lowest BCUT2D eigenvalue weighted by atomic mass is 10.2. The van der Waals surface area contributed by atoms with Gasteiger partial charge in [-0.3, -0.25) is 0 Å². The van der Waals surface area contributed by atoms with Gasteiger partial charge in [-0.2, -0.15) is 0 Å².